The molecule has 1 rings (SSSR count). The van der Waals surface area contributed by atoms with Crippen molar-refractivity contribution in [2.75, 3.05) is 0 Å². The summed E-state index contributed by atoms with van der Waals surface area (Å²) in [5, 5.41) is 0. The summed E-state index contributed by atoms with van der Waals surface area (Å²) in [6.07, 6.45) is 4.49. The van der Waals surface area contributed by atoms with E-state index >= 15 is 0 Å². The molecule has 0 saturated heterocycles. The van der Waals surface area contributed by atoms with Gasteiger partial charge in [-0.3, -0.25) is 4.79 Å². The first-order valence-electron chi connectivity index (χ1n) is 3.78. The molecule has 1 aliphatic carbocycles. The quantitative estimate of drug-likeness (QED) is 0.585. The van der Waals surface area contributed by atoms with E-state index < -0.39 is 5.92 Å². The Kier molecular flexibility index (Phi) is 2.40. The lowest BCUT2D eigenvalue weighted by Crippen LogP contribution is -2.14. The number of carbonyl (C=O) groups excluding carboxylic acids is 1. The summed E-state index contributed by atoms with van der Waals surface area (Å²) in [4.78, 5) is 10.3. The molecule has 0 aromatic heterocycles. The van der Waals surface area contributed by atoms with Crippen molar-refractivity contribution in [3.63, 3.8) is 0 Å². The van der Waals surface area contributed by atoms with Crippen molar-refractivity contribution in [1.82, 2.24) is 0 Å². The lowest BCUT2D eigenvalue weighted by molar-refractivity contribution is -0.105. The van der Waals surface area contributed by atoms with Crippen molar-refractivity contribution in [2.24, 2.45) is 0 Å². The zero-order valence-corrected chi connectivity index (χ0v) is 6.81. The number of aldehydes is 1. The fourth-order valence-corrected chi connectivity index (χ4v) is 1.12. The van der Waals surface area contributed by atoms with Crippen LogP contribution in [0.4, 0.5) is 8.78 Å². The molecule has 1 nitrogen and oxygen atoms in total. The van der Waals surface area contributed by atoms with E-state index in [9.17, 15) is 13.6 Å². The van der Waals surface area contributed by atoms with Crippen LogP contribution < -0.4 is 0 Å². The predicted octanol–water partition coefficient (Wildman–Crippen LogP) is 2.49. The topological polar surface area (TPSA) is 17.1 Å². The first-order chi connectivity index (χ1) is 5.54. The van der Waals surface area contributed by atoms with Crippen molar-refractivity contribution in [3.8, 4) is 0 Å². The van der Waals surface area contributed by atoms with E-state index in [0.29, 0.717) is 24.7 Å². The minimum Gasteiger partial charge on any atom is -0.298 e. The lowest BCUT2D eigenvalue weighted by atomic mass is 9.97. The van der Waals surface area contributed by atoms with Crippen molar-refractivity contribution < 1.29 is 13.6 Å². The number of hydrogen-bond donors (Lipinski definition) is 0. The molecule has 0 aromatic carbocycles. The van der Waals surface area contributed by atoms with Crippen LogP contribution in [-0.4, -0.2) is 12.2 Å². The van der Waals surface area contributed by atoms with Gasteiger partial charge in [0, 0.05) is 12.5 Å². The normalized spacial score (nSPS) is 18.2. The molecule has 0 amide bonds. The molecule has 0 aliphatic heterocycles. The molecule has 3 heteroatoms. The monoisotopic (exact) mass is 172 g/mol. The van der Waals surface area contributed by atoms with Gasteiger partial charge < -0.3 is 0 Å². The third-order valence-electron chi connectivity index (χ3n) is 1.80. The Balaban J connectivity index is 2.87. The number of hydrogen-bond acceptors (Lipinski definition) is 1. The second-order valence-electron chi connectivity index (χ2n) is 2.92. The second kappa shape index (κ2) is 3.17. The number of halogens is 2. The van der Waals surface area contributed by atoms with Crippen LogP contribution in [0.1, 0.15) is 19.8 Å². The smallest absolute Gasteiger partial charge is 0.270 e. The van der Waals surface area contributed by atoms with Crippen LogP contribution in [-0.2, 0) is 4.79 Å². The molecular weight excluding hydrogens is 162 g/mol. The van der Waals surface area contributed by atoms with Crippen molar-refractivity contribution in [3.05, 3.63) is 23.3 Å². The van der Waals surface area contributed by atoms with Crippen LogP contribution in [0.3, 0.4) is 0 Å². The van der Waals surface area contributed by atoms with Crippen LogP contribution in [0.25, 0.3) is 0 Å². The molecule has 0 aromatic rings. The second-order valence-corrected chi connectivity index (χ2v) is 2.92. The summed E-state index contributed by atoms with van der Waals surface area (Å²) in [7, 11) is 0. The molecule has 0 radical (unpaired) electrons. The first-order valence-corrected chi connectivity index (χ1v) is 3.78. The van der Waals surface area contributed by atoms with Gasteiger partial charge in [-0.25, -0.2) is 8.78 Å². The number of allylic oxidation sites excluding steroid dienone is 4. The highest BCUT2D eigenvalue weighted by Crippen LogP contribution is 2.29. The predicted molar refractivity (Wildman–Crippen MR) is 42.1 cm³/mol. The summed E-state index contributed by atoms with van der Waals surface area (Å²) in [6, 6.07) is 0. The summed E-state index contributed by atoms with van der Waals surface area (Å²) in [5.41, 5.74) is 0.407. The van der Waals surface area contributed by atoms with E-state index in [1.165, 1.54) is 12.2 Å². The third kappa shape index (κ3) is 2.00. The van der Waals surface area contributed by atoms with Gasteiger partial charge in [-0.2, -0.15) is 0 Å². The largest absolute Gasteiger partial charge is 0.298 e. The van der Waals surface area contributed by atoms with Gasteiger partial charge in [0.25, 0.3) is 5.92 Å². The Bertz CT molecular complexity index is 246. The van der Waals surface area contributed by atoms with Gasteiger partial charge in [-0.05, 0) is 24.5 Å². The van der Waals surface area contributed by atoms with Crippen molar-refractivity contribution in [1.29, 1.82) is 0 Å². The SMILES string of the molecule is CC(F)(F)C1=CCCC(C=O)=C1. The fourth-order valence-electron chi connectivity index (χ4n) is 1.12. The highest BCUT2D eigenvalue weighted by atomic mass is 19.3. The van der Waals surface area contributed by atoms with Gasteiger partial charge in [0.15, 0.2) is 0 Å². The standard InChI is InChI=1S/C9H10F2O/c1-9(10,11)8-4-2-3-7(5-8)6-12/h4-6H,2-3H2,1H3. The highest BCUT2D eigenvalue weighted by Gasteiger charge is 2.26. The van der Waals surface area contributed by atoms with E-state index in [1.807, 2.05) is 0 Å². The Morgan fingerprint density at radius 2 is 2.25 bits per heavy atom. The number of carbonyl (C=O) groups is 1. The Hall–Kier alpha value is -0.990. The zero-order valence-electron chi connectivity index (χ0n) is 6.81. The maximum Gasteiger partial charge on any atom is 0.270 e. The summed E-state index contributed by atoms with van der Waals surface area (Å²) >= 11 is 0. The zero-order chi connectivity index (χ0) is 9.19. The molecule has 0 spiro atoms. The summed E-state index contributed by atoms with van der Waals surface area (Å²) in [5.74, 6) is -2.82. The molecule has 0 unspecified atom stereocenters. The van der Waals surface area contributed by atoms with E-state index in [0.717, 1.165) is 6.92 Å². The van der Waals surface area contributed by atoms with Crippen LogP contribution in [0.15, 0.2) is 23.3 Å². The highest BCUT2D eigenvalue weighted by molar-refractivity contribution is 5.75. The average Bonchev–Trinajstić information content (AvgIpc) is 2.03. The van der Waals surface area contributed by atoms with Gasteiger partial charge in [0.1, 0.15) is 6.29 Å². The van der Waals surface area contributed by atoms with Gasteiger partial charge in [0.2, 0.25) is 0 Å². The van der Waals surface area contributed by atoms with E-state index in [1.54, 1.807) is 0 Å². The molecule has 0 heterocycles. The van der Waals surface area contributed by atoms with Crippen molar-refractivity contribution >= 4 is 6.29 Å². The maximum atomic E-state index is 12.7. The molecule has 0 fully saturated rings. The van der Waals surface area contributed by atoms with Crippen LogP contribution in [0.2, 0.25) is 0 Å². The first kappa shape index (κ1) is 9.10. The van der Waals surface area contributed by atoms with Gasteiger partial charge in [0.05, 0.1) is 0 Å². The van der Waals surface area contributed by atoms with Gasteiger partial charge in [-0.1, -0.05) is 6.08 Å². The van der Waals surface area contributed by atoms with Crippen LogP contribution in [0, 0.1) is 0 Å². The number of rotatable bonds is 2. The van der Waals surface area contributed by atoms with Gasteiger partial charge in [-0.15, -0.1) is 0 Å². The van der Waals surface area contributed by atoms with Gasteiger partial charge >= 0.3 is 0 Å². The molecule has 0 atom stereocenters. The summed E-state index contributed by atoms with van der Waals surface area (Å²) in [6.45, 7) is 0.836. The van der Waals surface area contributed by atoms with Crippen LogP contribution >= 0.6 is 0 Å². The van der Waals surface area contributed by atoms with Crippen molar-refractivity contribution in [2.45, 2.75) is 25.7 Å². The molecule has 0 bridgehead atoms. The Morgan fingerprint density at radius 1 is 1.58 bits per heavy atom. The molecule has 1 aliphatic rings. The number of alkyl halides is 2. The summed E-state index contributed by atoms with van der Waals surface area (Å²) < 4.78 is 25.4. The van der Waals surface area contributed by atoms with E-state index in [2.05, 4.69) is 0 Å². The molecular formula is C9H10F2O. The van der Waals surface area contributed by atoms with E-state index in [-0.39, 0.29) is 5.57 Å². The Labute approximate surface area is 69.8 Å². The molecule has 12 heavy (non-hydrogen) atoms. The third-order valence-corrected chi connectivity index (χ3v) is 1.80. The molecule has 66 valence electrons. The minimum absolute atomic E-state index is 0.0455. The minimum atomic E-state index is -2.82. The average molecular weight is 172 g/mol. The maximum absolute atomic E-state index is 12.7. The lowest BCUT2D eigenvalue weighted by Gasteiger charge is -2.15. The Morgan fingerprint density at radius 3 is 2.75 bits per heavy atom. The molecule has 0 N–H and O–H groups in total. The fraction of sp³-hybridized carbons (Fsp3) is 0.444. The van der Waals surface area contributed by atoms with Crippen LogP contribution in [0.5, 0.6) is 0 Å². The molecule has 0 saturated carbocycles. The van der Waals surface area contributed by atoms with E-state index in [4.69, 9.17) is 0 Å².